The number of aromatic nitrogens is 2. The van der Waals surface area contributed by atoms with E-state index in [1.807, 2.05) is 12.1 Å². The lowest BCUT2D eigenvalue weighted by atomic mass is 9.92. The molecular formula is C12H13N3O. The number of H-pyrrole nitrogens is 1. The SMILES string of the molecule is COc1ccc2c(c1)CCc1[nH]c(N)nc1-2. The van der Waals surface area contributed by atoms with Gasteiger partial charge in [-0.2, -0.15) is 0 Å². The molecular weight excluding hydrogens is 202 g/mol. The lowest BCUT2D eigenvalue weighted by Crippen LogP contribution is -2.03. The average Bonchev–Trinajstić information content (AvgIpc) is 2.69. The number of nitrogens with one attached hydrogen (secondary N) is 1. The molecule has 4 heteroatoms. The van der Waals surface area contributed by atoms with E-state index in [0.29, 0.717) is 5.95 Å². The van der Waals surface area contributed by atoms with Crippen LogP contribution >= 0.6 is 0 Å². The van der Waals surface area contributed by atoms with Gasteiger partial charge in [0.15, 0.2) is 5.95 Å². The number of methoxy groups -OCH3 is 1. The highest BCUT2D eigenvalue weighted by molar-refractivity contribution is 5.70. The predicted molar refractivity (Wildman–Crippen MR) is 62.4 cm³/mol. The van der Waals surface area contributed by atoms with E-state index < -0.39 is 0 Å². The van der Waals surface area contributed by atoms with E-state index in [2.05, 4.69) is 16.0 Å². The van der Waals surface area contributed by atoms with E-state index >= 15 is 0 Å². The third-order valence-electron chi connectivity index (χ3n) is 3.01. The van der Waals surface area contributed by atoms with Crippen LogP contribution in [-0.2, 0) is 12.8 Å². The topological polar surface area (TPSA) is 63.9 Å². The summed E-state index contributed by atoms with van der Waals surface area (Å²) < 4.78 is 5.22. The van der Waals surface area contributed by atoms with Gasteiger partial charge in [0.25, 0.3) is 0 Å². The maximum Gasteiger partial charge on any atom is 0.198 e. The zero-order chi connectivity index (χ0) is 11.1. The van der Waals surface area contributed by atoms with Crippen LogP contribution < -0.4 is 10.5 Å². The summed E-state index contributed by atoms with van der Waals surface area (Å²) in [6.07, 6.45) is 1.96. The molecule has 3 rings (SSSR count). The summed E-state index contributed by atoms with van der Waals surface area (Å²) in [4.78, 5) is 7.43. The molecule has 0 amide bonds. The van der Waals surface area contributed by atoms with Crippen LogP contribution in [0.3, 0.4) is 0 Å². The molecule has 0 radical (unpaired) electrons. The van der Waals surface area contributed by atoms with Gasteiger partial charge < -0.3 is 15.5 Å². The molecule has 0 atom stereocenters. The fourth-order valence-electron chi connectivity index (χ4n) is 2.23. The van der Waals surface area contributed by atoms with Crippen molar-refractivity contribution in [3.05, 3.63) is 29.5 Å². The molecule has 16 heavy (non-hydrogen) atoms. The first-order valence-corrected chi connectivity index (χ1v) is 5.29. The van der Waals surface area contributed by atoms with Crippen molar-refractivity contribution in [2.45, 2.75) is 12.8 Å². The molecule has 0 unspecified atom stereocenters. The highest BCUT2D eigenvalue weighted by Gasteiger charge is 2.19. The van der Waals surface area contributed by atoms with E-state index in [1.54, 1.807) is 7.11 Å². The van der Waals surface area contributed by atoms with Crippen molar-refractivity contribution < 1.29 is 4.74 Å². The summed E-state index contributed by atoms with van der Waals surface area (Å²) in [6, 6.07) is 6.08. The minimum absolute atomic E-state index is 0.494. The molecule has 1 aliphatic rings. The molecule has 0 fully saturated rings. The molecule has 82 valence electrons. The van der Waals surface area contributed by atoms with Crippen LogP contribution in [0.1, 0.15) is 11.3 Å². The molecule has 1 heterocycles. The van der Waals surface area contributed by atoms with E-state index in [0.717, 1.165) is 35.5 Å². The Hall–Kier alpha value is -1.97. The van der Waals surface area contributed by atoms with Crippen LogP contribution in [0.4, 0.5) is 5.95 Å². The van der Waals surface area contributed by atoms with Gasteiger partial charge in [-0.05, 0) is 36.6 Å². The van der Waals surface area contributed by atoms with E-state index in [4.69, 9.17) is 10.5 Å². The van der Waals surface area contributed by atoms with Gasteiger partial charge in [-0.15, -0.1) is 0 Å². The maximum atomic E-state index is 5.68. The van der Waals surface area contributed by atoms with Crippen LogP contribution in [-0.4, -0.2) is 17.1 Å². The summed E-state index contributed by atoms with van der Waals surface area (Å²) in [5.41, 5.74) is 10.2. The highest BCUT2D eigenvalue weighted by atomic mass is 16.5. The van der Waals surface area contributed by atoms with Crippen molar-refractivity contribution in [2.24, 2.45) is 0 Å². The van der Waals surface area contributed by atoms with Gasteiger partial charge in [0, 0.05) is 11.3 Å². The van der Waals surface area contributed by atoms with Crippen LogP contribution in [0.25, 0.3) is 11.3 Å². The molecule has 0 saturated carbocycles. The number of hydrogen-bond donors (Lipinski definition) is 2. The fraction of sp³-hybridized carbons (Fsp3) is 0.250. The summed E-state index contributed by atoms with van der Waals surface area (Å²) in [7, 11) is 1.68. The van der Waals surface area contributed by atoms with E-state index in [-0.39, 0.29) is 0 Å². The number of nitrogens with two attached hydrogens (primary N) is 1. The molecule has 1 aromatic heterocycles. The van der Waals surface area contributed by atoms with Gasteiger partial charge in [0.2, 0.25) is 0 Å². The molecule has 1 aliphatic carbocycles. The van der Waals surface area contributed by atoms with Crippen molar-refractivity contribution in [1.82, 2.24) is 9.97 Å². The Balaban J connectivity index is 2.17. The van der Waals surface area contributed by atoms with Gasteiger partial charge in [-0.3, -0.25) is 0 Å². The Bertz CT molecular complexity index is 545. The third kappa shape index (κ3) is 1.26. The van der Waals surface area contributed by atoms with E-state index in [9.17, 15) is 0 Å². The summed E-state index contributed by atoms with van der Waals surface area (Å²) in [6.45, 7) is 0. The predicted octanol–water partition coefficient (Wildman–Crippen LogP) is 1.77. The number of ether oxygens (including phenoxy) is 1. The normalized spacial score (nSPS) is 13.1. The standard InChI is InChI=1S/C12H13N3O/c1-16-8-3-4-9-7(6-8)2-5-10-11(9)15-12(13)14-10/h3-4,6H,2,5H2,1H3,(H3,13,14,15). The first-order chi connectivity index (χ1) is 7.78. The Morgan fingerprint density at radius 2 is 2.25 bits per heavy atom. The number of aryl methyl sites for hydroxylation is 2. The zero-order valence-electron chi connectivity index (χ0n) is 9.08. The van der Waals surface area contributed by atoms with Gasteiger partial charge >= 0.3 is 0 Å². The molecule has 2 aromatic rings. The molecule has 4 nitrogen and oxygen atoms in total. The smallest absolute Gasteiger partial charge is 0.198 e. The minimum Gasteiger partial charge on any atom is -0.497 e. The Morgan fingerprint density at radius 1 is 1.38 bits per heavy atom. The lowest BCUT2D eigenvalue weighted by molar-refractivity contribution is 0.414. The second-order valence-corrected chi connectivity index (χ2v) is 3.97. The lowest BCUT2D eigenvalue weighted by Gasteiger charge is -2.15. The monoisotopic (exact) mass is 215 g/mol. The number of benzene rings is 1. The van der Waals surface area contributed by atoms with Gasteiger partial charge in [0.05, 0.1) is 12.8 Å². The number of hydrogen-bond acceptors (Lipinski definition) is 3. The van der Waals surface area contributed by atoms with E-state index in [1.165, 1.54) is 5.56 Å². The summed E-state index contributed by atoms with van der Waals surface area (Å²) >= 11 is 0. The Kier molecular flexibility index (Phi) is 1.89. The van der Waals surface area contributed by atoms with Gasteiger partial charge in [0.1, 0.15) is 5.75 Å². The Labute approximate surface area is 93.5 Å². The first kappa shape index (κ1) is 9.27. The van der Waals surface area contributed by atoms with Gasteiger partial charge in [-0.25, -0.2) is 4.98 Å². The van der Waals surface area contributed by atoms with Crippen LogP contribution in [0, 0.1) is 0 Å². The van der Waals surface area contributed by atoms with Crippen molar-refractivity contribution in [1.29, 1.82) is 0 Å². The molecule has 0 saturated heterocycles. The van der Waals surface area contributed by atoms with Crippen molar-refractivity contribution >= 4 is 5.95 Å². The van der Waals surface area contributed by atoms with Crippen LogP contribution in [0.5, 0.6) is 5.75 Å². The largest absolute Gasteiger partial charge is 0.497 e. The quantitative estimate of drug-likeness (QED) is 0.762. The van der Waals surface area contributed by atoms with Gasteiger partial charge in [-0.1, -0.05) is 0 Å². The third-order valence-corrected chi connectivity index (χ3v) is 3.01. The fourth-order valence-corrected chi connectivity index (χ4v) is 2.23. The van der Waals surface area contributed by atoms with Crippen LogP contribution in [0.2, 0.25) is 0 Å². The number of aromatic amines is 1. The van der Waals surface area contributed by atoms with Crippen LogP contribution in [0.15, 0.2) is 18.2 Å². The highest BCUT2D eigenvalue weighted by Crippen LogP contribution is 2.34. The second kappa shape index (κ2) is 3.27. The second-order valence-electron chi connectivity index (χ2n) is 3.97. The van der Waals surface area contributed by atoms with Crippen molar-refractivity contribution in [3.8, 4) is 17.0 Å². The number of anilines is 1. The molecule has 0 aliphatic heterocycles. The zero-order valence-corrected chi connectivity index (χ0v) is 9.08. The maximum absolute atomic E-state index is 5.68. The molecule has 3 N–H and O–H groups in total. The number of rotatable bonds is 1. The van der Waals surface area contributed by atoms with Crippen molar-refractivity contribution in [3.63, 3.8) is 0 Å². The molecule has 1 aromatic carbocycles. The van der Waals surface area contributed by atoms with Crippen molar-refractivity contribution in [2.75, 3.05) is 12.8 Å². The number of nitrogen functional groups attached to an aromatic ring is 1. The molecule has 0 spiro atoms. The number of nitrogens with zero attached hydrogens (tertiary/aromatic N) is 1. The number of fused-ring (bicyclic) bond motifs is 3. The Morgan fingerprint density at radius 3 is 3.06 bits per heavy atom. The summed E-state index contributed by atoms with van der Waals surface area (Å²) in [5.74, 6) is 1.39. The first-order valence-electron chi connectivity index (χ1n) is 5.29. The number of imidazole rings is 1. The molecule has 0 bridgehead atoms. The summed E-state index contributed by atoms with van der Waals surface area (Å²) in [5, 5.41) is 0. The minimum atomic E-state index is 0.494. The average molecular weight is 215 g/mol.